The molecule has 0 amide bonds. The van der Waals surface area contributed by atoms with Crippen LogP contribution < -0.4 is 9.88 Å². The van der Waals surface area contributed by atoms with Crippen LogP contribution in [0.1, 0.15) is 6.42 Å². The molecule has 1 rings (SSSR count). The summed E-state index contributed by atoms with van der Waals surface area (Å²) in [4.78, 5) is -0.120. The SMILES string of the molecule is COCCOCCCOc1ccc(Cl)cc1S(N)(=O)=O. The Kier molecular flexibility index (Phi) is 7.25. The molecule has 1 aromatic rings. The molecule has 2 N–H and O–H groups in total. The summed E-state index contributed by atoms with van der Waals surface area (Å²) in [7, 11) is -2.27. The summed E-state index contributed by atoms with van der Waals surface area (Å²) in [5, 5.41) is 5.39. The van der Waals surface area contributed by atoms with Crippen LogP contribution in [0.5, 0.6) is 5.75 Å². The van der Waals surface area contributed by atoms with Gasteiger partial charge in [-0.15, -0.1) is 0 Å². The van der Waals surface area contributed by atoms with Crippen LogP contribution in [0.4, 0.5) is 0 Å². The lowest BCUT2D eigenvalue weighted by Gasteiger charge is -2.10. The highest BCUT2D eigenvalue weighted by Gasteiger charge is 2.15. The van der Waals surface area contributed by atoms with Crippen molar-refractivity contribution in [1.82, 2.24) is 0 Å². The molecule has 0 atom stereocenters. The molecule has 6 nitrogen and oxygen atoms in total. The first-order chi connectivity index (χ1) is 9.45. The molecule has 0 bridgehead atoms. The first kappa shape index (κ1) is 17.2. The van der Waals surface area contributed by atoms with E-state index in [9.17, 15) is 8.42 Å². The second kappa shape index (κ2) is 8.43. The van der Waals surface area contributed by atoms with Gasteiger partial charge < -0.3 is 14.2 Å². The number of hydrogen-bond acceptors (Lipinski definition) is 5. The smallest absolute Gasteiger partial charge is 0.241 e. The van der Waals surface area contributed by atoms with E-state index in [1.807, 2.05) is 0 Å². The molecule has 8 heteroatoms. The molecule has 0 unspecified atom stereocenters. The van der Waals surface area contributed by atoms with Crippen LogP contribution in [0.2, 0.25) is 5.02 Å². The molecule has 0 aliphatic rings. The second-order valence-corrected chi connectivity index (χ2v) is 5.91. The van der Waals surface area contributed by atoms with Gasteiger partial charge in [-0.2, -0.15) is 0 Å². The molecule has 0 saturated carbocycles. The maximum Gasteiger partial charge on any atom is 0.241 e. The quantitative estimate of drug-likeness (QED) is 0.694. The Balaban J connectivity index is 2.48. The Morgan fingerprint density at radius 2 is 1.95 bits per heavy atom. The Bertz CT molecular complexity index is 521. The lowest BCUT2D eigenvalue weighted by atomic mass is 10.3. The van der Waals surface area contributed by atoms with E-state index in [4.69, 9.17) is 31.0 Å². The van der Waals surface area contributed by atoms with Crippen LogP contribution in [-0.4, -0.2) is 42.0 Å². The number of halogens is 1. The van der Waals surface area contributed by atoms with E-state index >= 15 is 0 Å². The van der Waals surface area contributed by atoms with Crippen LogP contribution >= 0.6 is 11.6 Å². The summed E-state index contributed by atoms with van der Waals surface area (Å²) in [5.41, 5.74) is 0. The molecule has 0 aliphatic heterocycles. The number of rotatable bonds is 9. The van der Waals surface area contributed by atoms with E-state index in [1.165, 1.54) is 12.1 Å². The van der Waals surface area contributed by atoms with E-state index < -0.39 is 10.0 Å². The molecule has 114 valence electrons. The van der Waals surface area contributed by atoms with Crippen molar-refractivity contribution in [3.8, 4) is 5.75 Å². The minimum atomic E-state index is -3.87. The topological polar surface area (TPSA) is 87.8 Å². The lowest BCUT2D eigenvalue weighted by Crippen LogP contribution is -2.14. The van der Waals surface area contributed by atoms with E-state index in [0.717, 1.165) is 0 Å². The zero-order valence-electron chi connectivity index (χ0n) is 11.2. The van der Waals surface area contributed by atoms with Crippen molar-refractivity contribution < 1.29 is 22.6 Å². The zero-order valence-corrected chi connectivity index (χ0v) is 12.7. The maximum absolute atomic E-state index is 11.4. The van der Waals surface area contributed by atoms with Crippen LogP contribution in [0.15, 0.2) is 23.1 Å². The summed E-state index contributed by atoms with van der Waals surface area (Å²) in [5.74, 6) is 0.189. The summed E-state index contributed by atoms with van der Waals surface area (Å²) in [6, 6.07) is 4.29. The van der Waals surface area contributed by atoms with Crippen LogP contribution in [0.25, 0.3) is 0 Å². The fourth-order valence-electron chi connectivity index (χ4n) is 1.41. The first-order valence-corrected chi connectivity index (χ1v) is 7.89. The summed E-state index contributed by atoms with van der Waals surface area (Å²) >= 11 is 5.75. The van der Waals surface area contributed by atoms with Gasteiger partial charge in [0.25, 0.3) is 0 Å². The molecule has 0 aromatic heterocycles. The van der Waals surface area contributed by atoms with Crippen LogP contribution in [0, 0.1) is 0 Å². The zero-order chi connectivity index (χ0) is 15.0. The van der Waals surface area contributed by atoms with Gasteiger partial charge in [0.2, 0.25) is 10.0 Å². The monoisotopic (exact) mass is 323 g/mol. The molecule has 0 fully saturated rings. The molecule has 0 aliphatic carbocycles. The first-order valence-electron chi connectivity index (χ1n) is 5.97. The highest BCUT2D eigenvalue weighted by molar-refractivity contribution is 7.89. The number of ether oxygens (including phenoxy) is 3. The van der Waals surface area contributed by atoms with E-state index in [0.29, 0.717) is 32.8 Å². The van der Waals surface area contributed by atoms with Crippen molar-refractivity contribution in [2.24, 2.45) is 5.14 Å². The molecule has 0 radical (unpaired) electrons. The normalized spacial score (nSPS) is 11.6. The predicted molar refractivity (Wildman–Crippen MR) is 75.6 cm³/mol. The van der Waals surface area contributed by atoms with Gasteiger partial charge >= 0.3 is 0 Å². The third-order valence-corrected chi connectivity index (χ3v) is 3.50. The molecular formula is C12H18ClNO5S. The van der Waals surface area contributed by atoms with E-state index in [-0.39, 0.29) is 15.7 Å². The van der Waals surface area contributed by atoms with Crippen molar-refractivity contribution in [3.05, 3.63) is 23.2 Å². The number of nitrogens with two attached hydrogens (primary N) is 1. The second-order valence-electron chi connectivity index (χ2n) is 3.94. The van der Waals surface area contributed by atoms with Crippen molar-refractivity contribution in [2.45, 2.75) is 11.3 Å². The third kappa shape index (κ3) is 6.06. The summed E-state index contributed by atoms with van der Waals surface area (Å²) < 4.78 is 38.3. The number of benzene rings is 1. The van der Waals surface area contributed by atoms with Gasteiger partial charge in [-0.3, -0.25) is 0 Å². The Hall–Kier alpha value is -0.860. The molecule has 0 saturated heterocycles. The average Bonchev–Trinajstić information content (AvgIpc) is 2.38. The molecule has 20 heavy (non-hydrogen) atoms. The molecular weight excluding hydrogens is 306 g/mol. The van der Waals surface area contributed by atoms with Gasteiger partial charge in [0.05, 0.1) is 19.8 Å². The van der Waals surface area contributed by atoms with E-state index in [2.05, 4.69) is 0 Å². The van der Waals surface area contributed by atoms with Gasteiger partial charge in [-0.05, 0) is 18.2 Å². The van der Waals surface area contributed by atoms with Gasteiger partial charge in [0, 0.05) is 25.2 Å². The highest BCUT2D eigenvalue weighted by Crippen LogP contribution is 2.26. The fraction of sp³-hybridized carbons (Fsp3) is 0.500. The third-order valence-electron chi connectivity index (χ3n) is 2.33. The standard InChI is InChI=1S/C12H18ClNO5S/c1-17-7-8-18-5-2-6-19-11-4-3-10(13)9-12(11)20(14,15)16/h3-4,9H,2,5-8H2,1H3,(H2,14,15,16). The lowest BCUT2D eigenvalue weighted by molar-refractivity contribution is 0.0643. The molecule has 0 heterocycles. The fourth-order valence-corrected chi connectivity index (χ4v) is 2.35. The Morgan fingerprint density at radius 3 is 2.60 bits per heavy atom. The molecule has 0 spiro atoms. The van der Waals surface area contributed by atoms with Gasteiger partial charge in [0.15, 0.2) is 0 Å². The van der Waals surface area contributed by atoms with Crippen LogP contribution in [-0.2, 0) is 19.5 Å². The summed E-state index contributed by atoms with van der Waals surface area (Å²) in [6.45, 7) is 1.87. The van der Waals surface area contributed by atoms with Crippen LogP contribution in [0.3, 0.4) is 0 Å². The van der Waals surface area contributed by atoms with Crippen molar-refractivity contribution in [1.29, 1.82) is 0 Å². The minimum Gasteiger partial charge on any atom is -0.492 e. The highest BCUT2D eigenvalue weighted by atomic mass is 35.5. The summed E-state index contributed by atoms with van der Waals surface area (Å²) in [6.07, 6.45) is 0.621. The number of primary sulfonamides is 1. The van der Waals surface area contributed by atoms with Gasteiger partial charge in [-0.1, -0.05) is 11.6 Å². The maximum atomic E-state index is 11.4. The van der Waals surface area contributed by atoms with E-state index in [1.54, 1.807) is 13.2 Å². The minimum absolute atomic E-state index is 0.120. The Morgan fingerprint density at radius 1 is 1.20 bits per heavy atom. The van der Waals surface area contributed by atoms with Gasteiger partial charge in [-0.25, -0.2) is 13.6 Å². The van der Waals surface area contributed by atoms with Crippen molar-refractivity contribution in [3.63, 3.8) is 0 Å². The number of hydrogen-bond donors (Lipinski definition) is 1. The molecule has 1 aromatic carbocycles. The van der Waals surface area contributed by atoms with Crippen molar-refractivity contribution >= 4 is 21.6 Å². The predicted octanol–water partition coefficient (Wildman–Crippen LogP) is 1.42. The van der Waals surface area contributed by atoms with Crippen molar-refractivity contribution in [2.75, 3.05) is 33.5 Å². The number of sulfonamides is 1. The Labute approximate surface area is 123 Å². The number of methoxy groups -OCH3 is 1. The average molecular weight is 324 g/mol. The van der Waals surface area contributed by atoms with Gasteiger partial charge in [0.1, 0.15) is 10.6 Å². The largest absolute Gasteiger partial charge is 0.492 e.